The van der Waals surface area contributed by atoms with E-state index in [1.807, 2.05) is 13.0 Å². The molecule has 0 saturated carbocycles. The quantitative estimate of drug-likeness (QED) is 0.565. The number of piperidine rings is 1. The van der Waals surface area contributed by atoms with Gasteiger partial charge in [-0.25, -0.2) is 8.42 Å². The van der Waals surface area contributed by atoms with Gasteiger partial charge < -0.3 is 15.1 Å². The molecule has 1 fully saturated rings. The van der Waals surface area contributed by atoms with Crippen LogP contribution >= 0.6 is 0 Å². The summed E-state index contributed by atoms with van der Waals surface area (Å²) in [6.07, 6.45) is 2.77. The van der Waals surface area contributed by atoms with Crippen LogP contribution in [0.2, 0.25) is 0 Å². The fraction of sp³-hybridized carbons (Fsp3) is 0.667. The lowest BCUT2D eigenvalue weighted by Crippen LogP contribution is -2.51. The van der Waals surface area contributed by atoms with Crippen LogP contribution < -0.4 is 10.6 Å². The Bertz CT molecular complexity index is 681. The minimum atomic E-state index is -5.25. The van der Waals surface area contributed by atoms with E-state index >= 15 is 0 Å². The molecule has 2 N–H and O–H groups in total. The van der Waals surface area contributed by atoms with Crippen LogP contribution in [0.15, 0.2) is 27.8 Å². The van der Waals surface area contributed by atoms with Crippen LogP contribution in [0.3, 0.4) is 0 Å². The number of furan rings is 1. The van der Waals surface area contributed by atoms with Gasteiger partial charge in [-0.05, 0) is 31.9 Å². The van der Waals surface area contributed by atoms with Gasteiger partial charge in [0.05, 0.1) is 6.26 Å². The molecule has 0 aliphatic carbocycles. The molecule has 7 nitrogen and oxygen atoms in total. The molecule has 1 aliphatic heterocycles. The van der Waals surface area contributed by atoms with Gasteiger partial charge >= 0.3 is 15.5 Å². The molecular weight excluding hydrogens is 373 g/mol. The molecule has 2 heterocycles. The van der Waals surface area contributed by atoms with Crippen molar-refractivity contribution in [2.24, 2.45) is 4.99 Å². The van der Waals surface area contributed by atoms with E-state index in [0.29, 0.717) is 29.8 Å². The first-order valence-corrected chi connectivity index (χ1v) is 9.81. The molecule has 1 aliphatic rings. The largest absolute Gasteiger partial charge is 0.511 e. The van der Waals surface area contributed by atoms with Crippen molar-refractivity contribution >= 4 is 16.0 Å². The van der Waals surface area contributed by atoms with Gasteiger partial charge in [-0.2, -0.15) is 17.5 Å². The molecule has 26 heavy (non-hydrogen) atoms. The van der Waals surface area contributed by atoms with E-state index in [9.17, 15) is 21.6 Å². The smallest absolute Gasteiger partial charge is 0.469 e. The molecule has 1 aromatic rings. The fourth-order valence-corrected chi connectivity index (χ4v) is 3.62. The summed E-state index contributed by atoms with van der Waals surface area (Å²) in [4.78, 5) is 4.41. The molecule has 0 amide bonds. The average Bonchev–Trinajstić information content (AvgIpc) is 3.08. The van der Waals surface area contributed by atoms with Crippen molar-refractivity contribution in [3.8, 4) is 0 Å². The van der Waals surface area contributed by atoms with Crippen molar-refractivity contribution in [2.45, 2.75) is 37.7 Å². The summed E-state index contributed by atoms with van der Waals surface area (Å²) in [6, 6.07) is 3.51. The van der Waals surface area contributed by atoms with Crippen LogP contribution in [0, 0.1) is 0 Å². The molecule has 148 valence electrons. The third kappa shape index (κ3) is 5.37. The van der Waals surface area contributed by atoms with Crippen molar-refractivity contribution in [2.75, 3.05) is 26.2 Å². The molecule has 0 radical (unpaired) electrons. The standard InChI is InChI=1S/C15H23F3N4O3S/c1-2-19-14(20-8-5-13-4-3-11-25-13)21-12-6-9-22(10-7-12)26(23,24)15(16,17)18/h3-4,11-12H,2,5-10H2,1H3,(H2,19,20,21). The number of nitrogens with zero attached hydrogens (tertiary/aromatic N) is 2. The normalized spacial score (nSPS) is 18.1. The summed E-state index contributed by atoms with van der Waals surface area (Å²) in [5.74, 6) is 1.37. The van der Waals surface area contributed by atoms with E-state index in [0.717, 1.165) is 5.76 Å². The monoisotopic (exact) mass is 396 g/mol. The first kappa shape index (κ1) is 20.6. The van der Waals surface area contributed by atoms with Crippen molar-refractivity contribution in [3.05, 3.63) is 24.2 Å². The Morgan fingerprint density at radius 1 is 1.38 bits per heavy atom. The highest BCUT2D eigenvalue weighted by molar-refractivity contribution is 7.90. The number of halogens is 3. The predicted molar refractivity (Wildman–Crippen MR) is 91.1 cm³/mol. The number of aliphatic imine (C=N–C) groups is 1. The average molecular weight is 396 g/mol. The highest BCUT2D eigenvalue weighted by Crippen LogP contribution is 2.28. The van der Waals surface area contributed by atoms with Gasteiger partial charge in [-0.3, -0.25) is 4.99 Å². The van der Waals surface area contributed by atoms with Crippen molar-refractivity contribution in [1.29, 1.82) is 0 Å². The lowest BCUT2D eigenvalue weighted by molar-refractivity contribution is -0.0494. The van der Waals surface area contributed by atoms with E-state index < -0.39 is 15.5 Å². The summed E-state index contributed by atoms with van der Waals surface area (Å²) in [7, 11) is -5.25. The number of hydrogen-bond acceptors (Lipinski definition) is 4. The van der Waals surface area contributed by atoms with Crippen molar-refractivity contribution in [1.82, 2.24) is 14.9 Å². The van der Waals surface area contributed by atoms with Gasteiger partial charge in [-0.15, -0.1) is 0 Å². The van der Waals surface area contributed by atoms with Gasteiger partial charge in [0.2, 0.25) is 0 Å². The molecule has 0 spiro atoms. The Labute approximate surface area is 150 Å². The predicted octanol–water partition coefficient (Wildman–Crippen LogP) is 1.69. The molecule has 0 unspecified atom stereocenters. The third-order valence-electron chi connectivity index (χ3n) is 3.98. The summed E-state index contributed by atoms with van der Waals surface area (Å²) in [6.45, 7) is 2.68. The summed E-state index contributed by atoms with van der Waals surface area (Å²) >= 11 is 0. The molecule has 0 atom stereocenters. The fourth-order valence-electron chi connectivity index (χ4n) is 2.63. The minimum absolute atomic E-state index is 0.143. The number of alkyl halides is 3. The molecule has 0 aromatic carbocycles. The Kier molecular flexibility index (Phi) is 6.93. The topological polar surface area (TPSA) is 86.9 Å². The summed E-state index contributed by atoms with van der Waals surface area (Å²) in [5.41, 5.74) is -5.25. The van der Waals surface area contributed by atoms with E-state index in [1.54, 1.807) is 12.3 Å². The van der Waals surface area contributed by atoms with E-state index in [4.69, 9.17) is 4.42 Å². The van der Waals surface area contributed by atoms with Crippen LogP contribution in [-0.2, 0) is 16.4 Å². The highest BCUT2D eigenvalue weighted by Gasteiger charge is 2.50. The number of nitrogens with one attached hydrogen (secondary N) is 2. The Hall–Kier alpha value is -1.75. The van der Waals surface area contributed by atoms with Crippen LogP contribution in [0.4, 0.5) is 13.2 Å². The van der Waals surface area contributed by atoms with Gasteiger partial charge in [0, 0.05) is 38.6 Å². The lowest BCUT2D eigenvalue weighted by atomic mass is 10.1. The zero-order valence-corrected chi connectivity index (χ0v) is 15.2. The first-order valence-electron chi connectivity index (χ1n) is 8.37. The summed E-state index contributed by atoms with van der Waals surface area (Å²) in [5, 5.41) is 6.23. The number of sulfonamides is 1. The maximum Gasteiger partial charge on any atom is 0.511 e. The van der Waals surface area contributed by atoms with E-state index in [-0.39, 0.29) is 32.0 Å². The first-order chi connectivity index (χ1) is 12.2. The molecular formula is C15H23F3N4O3S. The second-order valence-corrected chi connectivity index (χ2v) is 7.79. The zero-order valence-electron chi connectivity index (χ0n) is 14.4. The number of guanidine groups is 1. The van der Waals surface area contributed by atoms with Crippen LogP contribution in [0.25, 0.3) is 0 Å². The van der Waals surface area contributed by atoms with Gasteiger partial charge in [-0.1, -0.05) is 0 Å². The van der Waals surface area contributed by atoms with Gasteiger partial charge in [0.15, 0.2) is 5.96 Å². The Morgan fingerprint density at radius 3 is 2.62 bits per heavy atom. The lowest BCUT2D eigenvalue weighted by Gasteiger charge is -2.32. The second kappa shape index (κ2) is 8.76. The zero-order chi connectivity index (χ0) is 19.2. The number of rotatable bonds is 6. The molecule has 1 saturated heterocycles. The molecule has 1 aromatic heterocycles. The minimum Gasteiger partial charge on any atom is -0.469 e. The van der Waals surface area contributed by atoms with Crippen molar-refractivity contribution in [3.63, 3.8) is 0 Å². The van der Waals surface area contributed by atoms with Gasteiger partial charge in [0.1, 0.15) is 5.76 Å². The second-order valence-electron chi connectivity index (χ2n) is 5.86. The number of hydrogen-bond donors (Lipinski definition) is 2. The third-order valence-corrected chi connectivity index (χ3v) is 5.61. The van der Waals surface area contributed by atoms with Crippen molar-refractivity contribution < 1.29 is 26.0 Å². The van der Waals surface area contributed by atoms with E-state index in [2.05, 4.69) is 15.6 Å². The molecule has 2 rings (SSSR count). The molecule has 11 heteroatoms. The van der Waals surface area contributed by atoms with Gasteiger partial charge in [0.25, 0.3) is 0 Å². The SMILES string of the molecule is CCNC(=NCCc1ccco1)NC1CCN(S(=O)(=O)C(F)(F)F)CC1. The van der Waals surface area contributed by atoms with Crippen LogP contribution in [0.1, 0.15) is 25.5 Å². The van der Waals surface area contributed by atoms with E-state index in [1.165, 1.54) is 0 Å². The molecule has 0 bridgehead atoms. The highest BCUT2D eigenvalue weighted by atomic mass is 32.2. The Morgan fingerprint density at radius 2 is 2.08 bits per heavy atom. The maximum absolute atomic E-state index is 12.6. The van der Waals surface area contributed by atoms with Crippen LogP contribution in [-0.4, -0.2) is 56.4 Å². The Balaban J connectivity index is 1.87. The summed E-state index contributed by atoms with van der Waals surface area (Å²) < 4.78 is 66.4. The van der Waals surface area contributed by atoms with Crippen LogP contribution in [0.5, 0.6) is 0 Å². The maximum atomic E-state index is 12.6.